The van der Waals surface area contributed by atoms with Crippen molar-refractivity contribution in [3.05, 3.63) is 62.6 Å². The number of carbonyl (C=O) groups excluding carboxylic acids is 1. The van der Waals surface area contributed by atoms with E-state index in [4.69, 9.17) is 40.5 Å². The maximum absolute atomic E-state index is 12.0. The molecule has 1 amide bonds. The second-order valence-corrected chi connectivity index (χ2v) is 5.65. The minimum atomic E-state index is -0.351. The van der Waals surface area contributed by atoms with E-state index < -0.39 is 0 Å². The fourth-order valence-corrected chi connectivity index (χ4v) is 2.37. The number of rotatable bonds is 3. The predicted molar refractivity (Wildman–Crippen MR) is 92.0 cm³/mol. The van der Waals surface area contributed by atoms with E-state index in [9.17, 15) is 4.79 Å². The van der Waals surface area contributed by atoms with Gasteiger partial charge in [-0.1, -0.05) is 40.9 Å². The number of nitrogens with two attached hydrogens (primary N) is 1. The van der Waals surface area contributed by atoms with Crippen LogP contribution in [0.15, 0.2) is 41.5 Å². The van der Waals surface area contributed by atoms with Crippen molar-refractivity contribution in [1.29, 1.82) is 0 Å². The molecule has 0 aliphatic rings. The molecule has 0 atom stereocenters. The molecule has 3 N–H and O–H groups in total. The van der Waals surface area contributed by atoms with Crippen LogP contribution >= 0.6 is 34.8 Å². The molecule has 7 heteroatoms. The first kappa shape index (κ1) is 16.6. The number of nitrogens with zero attached hydrogens (tertiary/aromatic N) is 1. The van der Waals surface area contributed by atoms with Crippen molar-refractivity contribution in [2.45, 2.75) is 6.92 Å². The molecule has 0 fully saturated rings. The third kappa shape index (κ3) is 3.71. The van der Waals surface area contributed by atoms with Crippen LogP contribution in [0.5, 0.6) is 0 Å². The topological polar surface area (TPSA) is 67.5 Å². The summed E-state index contributed by atoms with van der Waals surface area (Å²) in [7, 11) is 0. The molecule has 0 radical (unpaired) electrons. The normalized spacial score (nSPS) is 11.4. The van der Waals surface area contributed by atoms with E-state index in [-0.39, 0.29) is 16.0 Å². The molecule has 0 aliphatic carbocycles. The number of anilines is 1. The van der Waals surface area contributed by atoms with Gasteiger partial charge in [-0.15, -0.1) is 0 Å². The molecule has 0 spiro atoms. The van der Waals surface area contributed by atoms with Gasteiger partial charge in [-0.05, 0) is 37.3 Å². The third-order valence-corrected chi connectivity index (χ3v) is 4.22. The van der Waals surface area contributed by atoms with Gasteiger partial charge in [0.05, 0.1) is 20.8 Å². The second kappa shape index (κ2) is 7.01. The van der Waals surface area contributed by atoms with Crippen LogP contribution in [0.4, 0.5) is 5.69 Å². The van der Waals surface area contributed by atoms with Gasteiger partial charge in [-0.25, -0.2) is 5.43 Å². The minimum Gasteiger partial charge on any atom is -0.399 e. The number of nitrogen functional groups attached to an aromatic ring is 1. The predicted octanol–water partition coefficient (Wildman–Crippen LogP) is 4.38. The Labute approximate surface area is 142 Å². The summed E-state index contributed by atoms with van der Waals surface area (Å²) >= 11 is 18.0. The van der Waals surface area contributed by atoms with Crippen molar-refractivity contribution in [2.24, 2.45) is 5.10 Å². The highest BCUT2D eigenvalue weighted by atomic mass is 35.5. The number of benzene rings is 2. The standard InChI is InChI=1S/C15H12Cl3N3O/c1-8(11-6-7-12(16)14(18)13(11)17)20-21-15(22)9-2-4-10(19)5-3-9/h2-7H,19H2,1H3,(H,21,22)/b20-8-. The number of nitrogens with one attached hydrogen (secondary N) is 1. The number of amides is 1. The maximum atomic E-state index is 12.0. The second-order valence-electron chi connectivity index (χ2n) is 4.48. The Bertz CT molecular complexity index is 742. The summed E-state index contributed by atoms with van der Waals surface area (Å²) in [6.45, 7) is 1.70. The smallest absolute Gasteiger partial charge is 0.271 e. The lowest BCUT2D eigenvalue weighted by Crippen LogP contribution is -2.19. The van der Waals surface area contributed by atoms with Crippen LogP contribution in [0.2, 0.25) is 15.1 Å². The summed E-state index contributed by atoms with van der Waals surface area (Å²) in [5, 5.41) is 4.92. The zero-order chi connectivity index (χ0) is 16.3. The Kier molecular flexibility index (Phi) is 5.29. The van der Waals surface area contributed by atoms with Gasteiger partial charge in [0, 0.05) is 16.8 Å². The van der Waals surface area contributed by atoms with Crippen LogP contribution in [0.25, 0.3) is 0 Å². The molecule has 0 aromatic heterocycles. The molecule has 0 heterocycles. The Balaban J connectivity index is 2.18. The van der Waals surface area contributed by atoms with Crippen LogP contribution in [0, 0.1) is 0 Å². The van der Waals surface area contributed by atoms with Gasteiger partial charge < -0.3 is 5.73 Å². The first-order valence-corrected chi connectivity index (χ1v) is 7.37. The highest BCUT2D eigenvalue weighted by Crippen LogP contribution is 2.32. The summed E-state index contributed by atoms with van der Waals surface area (Å²) in [5.74, 6) is -0.351. The average Bonchev–Trinajstić information content (AvgIpc) is 2.51. The lowest BCUT2D eigenvalue weighted by atomic mass is 10.1. The van der Waals surface area contributed by atoms with Crippen molar-refractivity contribution < 1.29 is 4.79 Å². The zero-order valence-electron chi connectivity index (χ0n) is 11.5. The van der Waals surface area contributed by atoms with Crippen LogP contribution in [-0.4, -0.2) is 11.6 Å². The van der Waals surface area contributed by atoms with E-state index in [1.165, 1.54) is 0 Å². The van der Waals surface area contributed by atoms with Crippen LogP contribution in [0.1, 0.15) is 22.8 Å². The maximum Gasteiger partial charge on any atom is 0.271 e. The SMILES string of the molecule is C/C(=N/NC(=O)c1ccc(N)cc1)c1ccc(Cl)c(Cl)c1Cl. The summed E-state index contributed by atoms with van der Waals surface area (Å²) in [6.07, 6.45) is 0. The van der Waals surface area contributed by atoms with Crippen molar-refractivity contribution >= 4 is 52.1 Å². The van der Waals surface area contributed by atoms with Crippen molar-refractivity contribution in [3.63, 3.8) is 0 Å². The van der Waals surface area contributed by atoms with E-state index in [2.05, 4.69) is 10.5 Å². The molecule has 0 aliphatic heterocycles. The molecule has 2 rings (SSSR count). The Morgan fingerprint density at radius 1 is 1.05 bits per heavy atom. The lowest BCUT2D eigenvalue weighted by Gasteiger charge is -2.07. The van der Waals surface area contributed by atoms with Gasteiger partial charge in [0.2, 0.25) is 0 Å². The number of hydrazone groups is 1. The Morgan fingerprint density at radius 2 is 1.68 bits per heavy atom. The highest BCUT2D eigenvalue weighted by molar-refractivity contribution is 6.49. The fourth-order valence-electron chi connectivity index (χ4n) is 1.70. The fraction of sp³-hybridized carbons (Fsp3) is 0.0667. The Hall–Kier alpha value is -1.75. The summed E-state index contributed by atoms with van der Waals surface area (Å²) < 4.78 is 0. The van der Waals surface area contributed by atoms with E-state index in [0.717, 1.165) is 0 Å². The van der Waals surface area contributed by atoms with Crippen LogP contribution in [-0.2, 0) is 0 Å². The van der Waals surface area contributed by atoms with Crippen molar-refractivity contribution in [3.8, 4) is 0 Å². The van der Waals surface area contributed by atoms with Crippen LogP contribution < -0.4 is 11.2 Å². The van der Waals surface area contributed by atoms with Gasteiger partial charge in [0.25, 0.3) is 5.91 Å². The molecule has 0 saturated carbocycles. The minimum absolute atomic E-state index is 0.250. The van der Waals surface area contributed by atoms with E-state index in [1.54, 1.807) is 43.3 Å². The molecule has 114 valence electrons. The van der Waals surface area contributed by atoms with E-state index >= 15 is 0 Å². The van der Waals surface area contributed by atoms with Gasteiger partial charge >= 0.3 is 0 Å². The first-order chi connectivity index (χ1) is 10.4. The molecule has 4 nitrogen and oxygen atoms in total. The average molecular weight is 357 g/mol. The summed E-state index contributed by atoms with van der Waals surface area (Å²) in [4.78, 5) is 12.0. The van der Waals surface area contributed by atoms with Gasteiger partial charge in [0.1, 0.15) is 0 Å². The van der Waals surface area contributed by atoms with Crippen molar-refractivity contribution in [1.82, 2.24) is 5.43 Å². The van der Waals surface area contributed by atoms with Gasteiger partial charge in [0.15, 0.2) is 0 Å². The lowest BCUT2D eigenvalue weighted by molar-refractivity contribution is 0.0955. The summed E-state index contributed by atoms with van der Waals surface area (Å²) in [6, 6.07) is 9.81. The largest absolute Gasteiger partial charge is 0.399 e. The number of hydrogen-bond acceptors (Lipinski definition) is 3. The molecular weight excluding hydrogens is 345 g/mol. The number of halogens is 3. The number of carbonyl (C=O) groups is 1. The molecule has 2 aromatic carbocycles. The Morgan fingerprint density at radius 3 is 2.32 bits per heavy atom. The quantitative estimate of drug-likeness (QED) is 0.371. The highest BCUT2D eigenvalue weighted by Gasteiger charge is 2.11. The molecular formula is C15H12Cl3N3O. The number of hydrogen-bond donors (Lipinski definition) is 2. The first-order valence-electron chi connectivity index (χ1n) is 6.24. The monoisotopic (exact) mass is 355 g/mol. The molecule has 22 heavy (non-hydrogen) atoms. The summed E-state index contributed by atoms with van der Waals surface area (Å²) in [5.41, 5.74) is 10.2. The van der Waals surface area contributed by atoms with Crippen molar-refractivity contribution in [2.75, 3.05) is 5.73 Å². The van der Waals surface area contributed by atoms with E-state index in [1.807, 2.05) is 0 Å². The molecule has 0 unspecified atom stereocenters. The molecule has 0 bridgehead atoms. The molecule has 2 aromatic rings. The van der Waals surface area contributed by atoms with Gasteiger partial charge in [-0.2, -0.15) is 5.10 Å². The zero-order valence-corrected chi connectivity index (χ0v) is 13.8. The molecule has 0 saturated heterocycles. The van der Waals surface area contributed by atoms with Gasteiger partial charge in [-0.3, -0.25) is 4.79 Å². The third-order valence-electron chi connectivity index (χ3n) is 2.92. The van der Waals surface area contributed by atoms with E-state index in [0.29, 0.717) is 27.5 Å². The van der Waals surface area contributed by atoms with Crippen LogP contribution in [0.3, 0.4) is 0 Å².